The Morgan fingerprint density at radius 2 is 2.28 bits per heavy atom. The second-order valence-corrected chi connectivity index (χ2v) is 5.26. The van der Waals surface area contributed by atoms with E-state index in [4.69, 9.17) is 4.74 Å². The summed E-state index contributed by atoms with van der Waals surface area (Å²) < 4.78 is 8.12. The molecule has 0 aliphatic carbocycles. The molecule has 0 saturated carbocycles. The van der Waals surface area contributed by atoms with Gasteiger partial charge in [-0.15, -0.1) is 0 Å². The molecule has 94 valence electrons. The number of fused-ring (bicyclic) bond motifs is 1. The van der Waals surface area contributed by atoms with Gasteiger partial charge in [-0.1, -0.05) is 18.2 Å². The van der Waals surface area contributed by atoms with Gasteiger partial charge >= 0.3 is 0 Å². The zero-order valence-corrected chi connectivity index (χ0v) is 11.5. The van der Waals surface area contributed by atoms with E-state index in [0.29, 0.717) is 6.61 Å². The van der Waals surface area contributed by atoms with Crippen LogP contribution in [0, 0.1) is 0 Å². The number of hydrogen-bond acceptors (Lipinski definition) is 3. The number of halogens is 1. The first-order chi connectivity index (χ1) is 8.68. The highest BCUT2D eigenvalue weighted by Crippen LogP contribution is 2.42. The van der Waals surface area contributed by atoms with Gasteiger partial charge in [-0.05, 0) is 22.0 Å². The average Bonchev–Trinajstić information content (AvgIpc) is 2.93. The fourth-order valence-electron chi connectivity index (χ4n) is 2.39. The summed E-state index contributed by atoms with van der Waals surface area (Å²) in [6.45, 7) is 0.498. The summed E-state index contributed by atoms with van der Waals surface area (Å²) in [5.41, 5.74) is 1.83. The summed E-state index contributed by atoms with van der Waals surface area (Å²) in [7, 11) is 1.82. The third kappa shape index (κ3) is 1.74. The van der Waals surface area contributed by atoms with E-state index in [1.165, 1.54) is 0 Å². The number of aryl methyl sites for hydroxylation is 1. The van der Waals surface area contributed by atoms with Crippen LogP contribution in [0.4, 0.5) is 0 Å². The summed E-state index contributed by atoms with van der Waals surface area (Å²) in [5, 5.41) is 14.7. The molecule has 3 rings (SSSR count). The largest absolute Gasteiger partial charge is 0.493 e. The predicted molar refractivity (Wildman–Crippen MR) is 70.5 cm³/mol. The Bertz CT molecular complexity index is 563. The Morgan fingerprint density at radius 1 is 1.50 bits per heavy atom. The standard InChI is InChI=1S/C13H13BrN2O2/c1-16-12(10(14)6-15-16)13(17)9-7-18-11-5-3-2-4-8(9)11/h2-6,9,13,17H,7H2,1H3. The van der Waals surface area contributed by atoms with Crippen molar-refractivity contribution in [3.05, 3.63) is 46.2 Å². The number of nitrogens with zero attached hydrogens (tertiary/aromatic N) is 2. The number of aromatic nitrogens is 2. The van der Waals surface area contributed by atoms with Crippen LogP contribution >= 0.6 is 15.9 Å². The minimum Gasteiger partial charge on any atom is -0.493 e. The van der Waals surface area contributed by atoms with E-state index in [9.17, 15) is 5.11 Å². The molecule has 0 bridgehead atoms. The van der Waals surface area contributed by atoms with Gasteiger partial charge in [-0.2, -0.15) is 5.10 Å². The number of para-hydroxylation sites is 1. The lowest BCUT2D eigenvalue weighted by Gasteiger charge is -2.18. The van der Waals surface area contributed by atoms with E-state index in [1.54, 1.807) is 10.9 Å². The van der Waals surface area contributed by atoms with Crippen molar-refractivity contribution in [1.82, 2.24) is 9.78 Å². The summed E-state index contributed by atoms with van der Waals surface area (Å²) >= 11 is 3.42. The number of rotatable bonds is 2. The van der Waals surface area contributed by atoms with Crippen LogP contribution in [0.3, 0.4) is 0 Å². The van der Waals surface area contributed by atoms with Gasteiger partial charge in [0.15, 0.2) is 0 Å². The highest BCUT2D eigenvalue weighted by molar-refractivity contribution is 9.10. The van der Waals surface area contributed by atoms with Crippen LogP contribution in [0.5, 0.6) is 5.75 Å². The number of ether oxygens (including phenoxy) is 1. The van der Waals surface area contributed by atoms with E-state index in [1.807, 2.05) is 31.3 Å². The Kier molecular flexibility index (Phi) is 2.87. The zero-order valence-electron chi connectivity index (χ0n) is 9.88. The fourth-order valence-corrected chi connectivity index (χ4v) is 2.98. The molecule has 0 spiro atoms. The molecule has 1 aliphatic heterocycles. The van der Waals surface area contributed by atoms with Crippen molar-refractivity contribution in [2.24, 2.45) is 7.05 Å². The van der Waals surface area contributed by atoms with Crippen molar-refractivity contribution < 1.29 is 9.84 Å². The molecule has 1 N–H and O–H groups in total. The van der Waals surface area contributed by atoms with E-state index in [2.05, 4.69) is 21.0 Å². The SMILES string of the molecule is Cn1ncc(Br)c1C(O)C1COc2ccccc21. The van der Waals surface area contributed by atoms with Gasteiger partial charge < -0.3 is 9.84 Å². The number of hydrogen-bond donors (Lipinski definition) is 1. The first-order valence-electron chi connectivity index (χ1n) is 5.75. The van der Waals surface area contributed by atoms with Gasteiger partial charge in [0, 0.05) is 12.6 Å². The van der Waals surface area contributed by atoms with Crippen LogP contribution in [0.15, 0.2) is 34.9 Å². The molecule has 2 atom stereocenters. The maximum absolute atomic E-state index is 10.5. The normalized spacial score (nSPS) is 19.4. The zero-order chi connectivity index (χ0) is 12.7. The average molecular weight is 309 g/mol. The monoisotopic (exact) mass is 308 g/mol. The van der Waals surface area contributed by atoms with Crippen molar-refractivity contribution in [3.63, 3.8) is 0 Å². The molecule has 2 heterocycles. The van der Waals surface area contributed by atoms with Crippen LogP contribution < -0.4 is 4.74 Å². The summed E-state index contributed by atoms with van der Waals surface area (Å²) in [4.78, 5) is 0. The lowest BCUT2D eigenvalue weighted by Crippen LogP contribution is -2.16. The number of aliphatic hydroxyl groups is 1. The second-order valence-electron chi connectivity index (χ2n) is 4.40. The minimum absolute atomic E-state index is 0.0482. The van der Waals surface area contributed by atoms with Gasteiger partial charge in [0.1, 0.15) is 11.9 Å². The van der Waals surface area contributed by atoms with E-state index >= 15 is 0 Å². The summed E-state index contributed by atoms with van der Waals surface area (Å²) in [5.74, 6) is 0.813. The van der Waals surface area contributed by atoms with Crippen molar-refractivity contribution in [2.45, 2.75) is 12.0 Å². The van der Waals surface area contributed by atoms with Crippen LogP contribution in [-0.4, -0.2) is 21.5 Å². The molecule has 0 fully saturated rings. The molecular formula is C13H13BrN2O2. The highest BCUT2D eigenvalue weighted by atomic mass is 79.9. The van der Waals surface area contributed by atoms with Crippen molar-refractivity contribution in [2.75, 3.05) is 6.61 Å². The highest BCUT2D eigenvalue weighted by Gasteiger charge is 2.33. The van der Waals surface area contributed by atoms with Crippen molar-refractivity contribution in [1.29, 1.82) is 0 Å². The quantitative estimate of drug-likeness (QED) is 0.926. The smallest absolute Gasteiger partial charge is 0.123 e. The van der Waals surface area contributed by atoms with E-state index in [0.717, 1.165) is 21.5 Å². The first-order valence-corrected chi connectivity index (χ1v) is 6.55. The van der Waals surface area contributed by atoms with Crippen LogP contribution in [0.25, 0.3) is 0 Å². The molecule has 4 nitrogen and oxygen atoms in total. The van der Waals surface area contributed by atoms with E-state index < -0.39 is 6.10 Å². The third-order valence-electron chi connectivity index (χ3n) is 3.34. The molecule has 1 aliphatic rings. The fraction of sp³-hybridized carbons (Fsp3) is 0.308. The number of aliphatic hydroxyl groups excluding tert-OH is 1. The van der Waals surface area contributed by atoms with Crippen LogP contribution in [0.1, 0.15) is 23.3 Å². The maximum Gasteiger partial charge on any atom is 0.123 e. The van der Waals surface area contributed by atoms with Crippen LogP contribution in [-0.2, 0) is 7.05 Å². The minimum atomic E-state index is -0.629. The van der Waals surface area contributed by atoms with Gasteiger partial charge in [-0.25, -0.2) is 0 Å². The molecule has 2 unspecified atom stereocenters. The Hall–Kier alpha value is -1.33. The first kappa shape index (κ1) is 11.7. The van der Waals surface area contributed by atoms with Gasteiger partial charge in [0.25, 0.3) is 0 Å². The molecule has 18 heavy (non-hydrogen) atoms. The second kappa shape index (κ2) is 4.40. The Balaban J connectivity index is 1.98. The van der Waals surface area contributed by atoms with E-state index in [-0.39, 0.29) is 5.92 Å². The summed E-state index contributed by atoms with van der Waals surface area (Å²) in [6.07, 6.45) is 1.07. The lowest BCUT2D eigenvalue weighted by atomic mass is 9.93. The Morgan fingerprint density at radius 3 is 3.00 bits per heavy atom. The maximum atomic E-state index is 10.5. The molecular weight excluding hydrogens is 296 g/mol. The van der Waals surface area contributed by atoms with Crippen molar-refractivity contribution >= 4 is 15.9 Å². The lowest BCUT2D eigenvalue weighted by molar-refractivity contribution is 0.121. The molecule has 1 aromatic carbocycles. The molecule has 0 saturated heterocycles. The molecule has 2 aromatic rings. The predicted octanol–water partition coefficient (Wildman–Crippen LogP) is 2.39. The van der Waals surface area contributed by atoms with Gasteiger partial charge in [-0.3, -0.25) is 4.68 Å². The summed E-state index contributed by atoms with van der Waals surface area (Å²) in [6, 6.07) is 7.83. The Labute approximate surface area is 113 Å². The molecule has 0 radical (unpaired) electrons. The van der Waals surface area contributed by atoms with Gasteiger partial charge in [0.05, 0.1) is 28.9 Å². The molecule has 1 aromatic heterocycles. The third-order valence-corrected chi connectivity index (χ3v) is 3.95. The van der Waals surface area contributed by atoms with Gasteiger partial charge in [0.2, 0.25) is 0 Å². The number of benzene rings is 1. The van der Waals surface area contributed by atoms with Crippen LogP contribution in [0.2, 0.25) is 0 Å². The topological polar surface area (TPSA) is 47.3 Å². The van der Waals surface area contributed by atoms with Crippen molar-refractivity contribution in [3.8, 4) is 5.75 Å². The molecule has 0 amide bonds. The molecule has 5 heteroatoms.